The van der Waals surface area contributed by atoms with Crippen molar-refractivity contribution in [1.82, 2.24) is 0 Å². The van der Waals surface area contributed by atoms with Crippen LogP contribution in [0.2, 0.25) is 0 Å². The third-order valence-corrected chi connectivity index (χ3v) is 2.01. The zero-order valence-corrected chi connectivity index (χ0v) is 10.5. The van der Waals surface area contributed by atoms with Crippen LogP contribution in [0.4, 0.5) is 0 Å². The van der Waals surface area contributed by atoms with Crippen LogP contribution in [0, 0.1) is 0 Å². The van der Waals surface area contributed by atoms with Crippen LogP contribution in [0.25, 0.3) is 0 Å². The topological polar surface area (TPSA) is 52.6 Å². The van der Waals surface area contributed by atoms with Gasteiger partial charge in [-0.3, -0.25) is 0 Å². The van der Waals surface area contributed by atoms with E-state index in [4.69, 9.17) is 4.74 Å². The second-order valence-corrected chi connectivity index (χ2v) is 3.24. The number of esters is 2. The summed E-state index contributed by atoms with van der Waals surface area (Å²) in [5, 5.41) is 0. The van der Waals surface area contributed by atoms with Crippen LogP contribution in [0.1, 0.15) is 26.7 Å². The van der Waals surface area contributed by atoms with Crippen molar-refractivity contribution in [2.24, 2.45) is 0 Å². The lowest BCUT2D eigenvalue weighted by atomic mass is 10.2. The van der Waals surface area contributed by atoms with E-state index in [1.165, 1.54) is 13.2 Å². The summed E-state index contributed by atoms with van der Waals surface area (Å²) >= 11 is 0. The summed E-state index contributed by atoms with van der Waals surface area (Å²) in [6, 6.07) is 0. The van der Waals surface area contributed by atoms with Gasteiger partial charge >= 0.3 is 11.9 Å². The molecule has 0 radical (unpaired) electrons. The fourth-order valence-corrected chi connectivity index (χ4v) is 1.10. The van der Waals surface area contributed by atoms with E-state index in [2.05, 4.69) is 11.3 Å². The molecule has 17 heavy (non-hydrogen) atoms. The van der Waals surface area contributed by atoms with Crippen LogP contribution < -0.4 is 0 Å². The molecule has 0 aliphatic heterocycles. The molecule has 4 nitrogen and oxygen atoms in total. The molecule has 0 aliphatic carbocycles. The van der Waals surface area contributed by atoms with Gasteiger partial charge in [0.2, 0.25) is 0 Å². The molecule has 0 aromatic carbocycles. The number of rotatable bonds is 6. The molecule has 0 aromatic rings. The Kier molecular flexibility index (Phi) is 7.43. The van der Waals surface area contributed by atoms with E-state index in [9.17, 15) is 9.59 Å². The van der Waals surface area contributed by atoms with Gasteiger partial charge in [-0.25, -0.2) is 9.59 Å². The van der Waals surface area contributed by atoms with Gasteiger partial charge in [-0.05, 0) is 13.3 Å². The molecule has 94 valence electrons. The zero-order valence-electron chi connectivity index (χ0n) is 10.5. The Morgan fingerprint density at radius 3 is 2.47 bits per heavy atom. The van der Waals surface area contributed by atoms with Crippen LogP contribution >= 0.6 is 0 Å². The maximum absolute atomic E-state index is 11.4. The number of carbonyl (C=O) groups excluding carboxylic acids is 2. The molecular weight excluding hydrogens is 220 g/mol. The molecule has 0 atom stereocenters. The molecule has 0 amide bonds. The van der Waals surface area contributed by atoms with Crippen molar-refractivity contribution in [3.05, 3.63) is 36.1 Å². The first-order valence-electron chi connectivity index (χ1n) is 5.34. The molecule has 0 saturated heterocycles. The Hall–Kier alpha value is -1.84. The van der Waals surface area contributed by atoms with Crippen molar-refractivity contribution in [3.63, 3.8) is 0 Å². The lowest BCUT2D eigenvalue weighted by Gasteiger charge is -2.08. The molecule has 0 aliphatic rings. The Balaban J connectivity index is 4.65. The third kappa shape index (κ3) is 5.70. The van der Waals surface area contributed by atoms with Crippen LogP contribution in [0.15, 0.2) is 36.1 Å². The highest BCUT2D eigenvalue weighted by atomic mass is 16.5. The van der Waals surface area contributed by atoms with Crippen molar-refractivity contribution in [3.8, 4) is 0 Å². The van der Waals surface area contributed by atoms with Gasteiger partial charge in [0.05, 0.1) is 12.7 Å². The van der Waals surface area contributed by atoms with Gasteiger partial charge in [0.15, 0.2) is 0 Å². The van der Waals surface area contributed by atoms with E-state index in [-0.39, 0.29) is 0 Å². The summed E-state index contributed by atoms with van der Waals surface area (Å²) in [6.07, 6.45) is 5.65. The second kappa shape index (κ2) is 8.33. The highest BCUT2D eigenvalue weighted by Crippen LogP contribution is 2.12. The van der Waals surface area contributed by atoms with Crippen molar-refractivity contribution < 1.29 is 19.1 Å². The van der Waals surface area contributed by atoms with E-state index >= 15 is 0 Å². The van der Waals surface area contributed by atoms with Crippen molar-refractivity contribution in [1.29, 1.82) is 0 Å². The van der Waals surface area contributed by atoms with E-state index in [0.29, 0.717) is 24.2 Å². The third-order valence-electron chi connectivity index (χ3n) is 2.01. The molecule has 0 N–H and O–H groups in total. The fourth-order valence-electron chi connectivity index (χ4n) is 1.10. The largest absolute Gasteiger partial charge is 0.466 e. The van der Waals surface area contributed by atoms with E-state index < -0.39 is 11.9 Å². The normalized spacial score (nSPS) is 11.9. The Morgan fingerprint density at radius 1 is 1.35 bits per heavy atom. The minimum atomic E-state index is -0.507. The smallest absolute Gasteiger partial charge is 0.336 e. The lowest BCUT2D eigenvalue weighted by molar-refractivity contribution is -0.137. The van der Waals surface area contributed by atoms with Gasteiger partial charge in [0, 0.05) is 12.5 Å². The highest BCUT2D eigenvalue weighted by molar-refractivity contribution is 5.89. The molecule has 0 unspecified atom stereocenters. The van der Waals surface area contributed by atoms with E-state index in [0.717, 1.165) is 0 Å². The number of methoxy groups -OCH3 is 1. The molecule has 0 aromatic heterocycles. The van der Waals surface area contributed by atoms with Gasteiger partial charge in [-0.1, -0.05) is 19.1 Å². The van der Waals surface area contributed by atoms with Gasteiger partial charge in [0.1, 0.15) is 5.76 Å². The molecule has 0 spiro atoms. The minimum absolute atomic E-state index is 0.306. The predicted molar refractivity (Wildman–Crippen MR) is 65.1 cm³/mol. The number of allylic oxidation sites excluding steroid dienone is 3. The summed E-state index contributed by atoms with van der Waals surface area (Å²) in [7, 11) is 1.28. The molecule has 0 rings (SSSR count). The maximum Gasteiger partial charge on any atom is 0.336 e. The van der Waals surface area contributed by atoms with Crippen molar-refractivity contribution >= 4 is 11.9 Å². The van der Waals surface area contributed by atoms with Gasteiger partial charge in [-0.15, -0.1) is 6.58 Å². The average molecular weight is 238 g/mol. The van der Waals surface area contributed by atoms with Crippen LogP contribution in [-0.4, -0.2) is 19.0 Å². The standard InChI is InChI=1S/C13H18O4/c1-5-7-8-9-12(14)17-11(6-2)10(3)13(15)16-4/h5,8-9H,1,6-7H2,2-4H3. The van der Waals surface area contributed by atoms with Crippen LogP contribution in [-0.2, 0) is 19.1 Å². The van der Waals surface area contributed by atoms with Crippen molar-refractivity contribution in [2.45, 2.75) is 26.7 Å². The van der Waals surface area contributed by atoms with Gasteiger partial charge < -0.3 is 9.47 Å². The summed E-state index contributed by atoms with van der Waals surface area (Å²) in [5.41, 5.74) is 0.306. The Labute approximate surface area is 102 Å². The first-order chi connectivity index (χ1) is 8.06. The highest BCUT2D eigenvalue weighted by Gasteiger charge is 2.13. The summed E-state index contributed by atoms with van der Waals surface area (Å²) < 4.78 is 9.61. The molecular formula is C13H18O4. The Bertz CT molecular complexity index is 350. The monoisotopic (exact) mass is 238 g/mol. The number of hydrogen-bond donors (Lipinski definition) is 0. The maximum atomic E-state index is 11.4. The van der Waals surface area contributed by atoms with Crippen LogP contribution in [0.3, 0.4) is 0 Å². The van der Waals surface area contributed by atoms with Gasteiger partial charge in [-0.2, -0.15) is 0 Å². The average Bonchev–Trinajstić information content (AvgIpc) is 2.34. The summed E-state index contributed by atoms with van der Waals surface area (Å²) in [5.74, 6) is -0.679. The number of ether oxygens (including phenoxy) is 2. The Morgan fingerprint density at radius 2 is 2.00 bits per heavy atom. The quantitative estimate of drug-likeness (QED) is 0.309. The lowest BCUT2D eigenvalue weighted by Crippen LogP contribution is -2.09. The predicted octanol–water partition coefficient (Wildman–Crippen LogP) is 2.52. The second-order valence-electron chi connectivity index (χ2n) is 3.24. The molecule has 4 heteroatoms. The number of carbonyl (C=O) groups is 2. The van der Waals surface area contributed by atoms with Crippen molar-refractivity contribution in [2.75, 3.05) is 7.11 Å². The SMILES string of the molecule is C=CCC=CC(=O)OC(CC)=C(C)C(=O)OC. The van der Waals surface area contributed by atoms with Gasteiger partial charge in [0.25, 0.3) is 0 Å². The molecule has 0 bridgehead atoms. The summed E-state index contributed by atoms with van der Waals surface area (Å²) in [4.78, 5) is 22.6. The number of hydrogen-bond acceptors (Lipinski definition) is 4. The summed E-state index contributed by atoms with van der Waals surface area (Å²) in [6.45, 7) is 6.88. The molecule has 0 fully saturated rings. The fraction of sp³-hybridized carbons (Fsp3) is 0.385. The van der Waals surface area contributed by atoms with Crippen LogP contribution in [0.5, 0.6) is 0 Å². The molecule has 0 saturated carbocycles. The molecule has 0 heterocycles. The first-order valence-corrected chi connectivity index (χ1v) is 5.34. The zero-order chi connectivity index (χ0) is 13.3. The first kappa shape index (κ1) is 15.2. The van der Waals surface area contributed by atoms with E-state index in [1.807, 2.05) is 0 Å². The van der Waals surface area contributed by atoms with E-state index in [1.54, 1.807) is 26.0 Å². The minimum Gasteiger partial charge on any atom is -0.466 e.